The Hall–Kier alpha value is -1.10. The second kappa shape index (κ2) is 3.10. The summed E-state index contributed by atoms with van der Waals surface area (Å²) in [6.45, 7) is 1.60. The lowest BCUT2D eigenvalue weighted by Gasteiger charge is -2.20. The molecule has 0 unspecified atom stereocenters. The summed E-state index contributed by atoms with van der Waals surface area (Å²) in [5, 5.41) is 8.13. The number of hydrogen-bond donors (Lipinski definition) is 1. The van der Waals surface area contributed by atoms with Gasteiger partial charge >= 0.3 is 0 Å². The summed E-state index contributed by atoms with van der Waals surface area (Å²) in [4.78, 5) is 1.69. The molecule has 0 saturated carbocycles. The molecule has 2 rings (SSSR count). The number of anilines is 1. The zero-order valence-corrected chi connectivity index (χ0v) is 6.81. The predicted octanol–water partition coefficient (Wildman–Crippen LogP) is 0.212. The van der Waals surface area contributed by atoms with Gasteiger partial charge in [-0.1, -0.05) is 0 Å². The minimum absolute atomic E-state index is 0.371. The van der Waals surface area contributed by atoms with Crippen LogP contribution in [-0.4, -0.2) is 28.2 Å². The summed E-state index contributed by atoms with van der Waals surface area (Å²) in [6.07, 6.45) is 3.54. The molecule has 0 atom stereocenters. The highest BCUT2D eigenvalue weighted by Gasteiger charge is 2.16. The number of aromatic nitrogens is 3. The number of ether oxygens (including phenoxy) is 1. The first-order chi connectivity index (χ1) is 5.86. The molecule has 1 fully saturated rings. The SMILES string of the molecule is Nc1cnn(C2CCOCC2)n1. The van der Waals surface area contributed by atoms with E-state index in [1.165, 1.54) is 0 Å². The zero-order valence-electron chi connectivity index (χ0n) is 6.81. The monoisotopic (exact) mass is 168 g/mol. The predicted molar refractivity (Wildman–Crippen MR) is 43.5 cm³/mol. The van der Waals surface area contributed by atoms with Crippen LogP contribution in [-0.2, 0) is 4.74 Å². The van der Waals surface area contributed by atoms with Gasteiger partial charge in [0.25, 0.3) is 0 Å². The molecule has 0 amide bonds. The van der Waals surface area contributed by atoms with Crippen molar-refractivity contribution >= 4 is 5.82 Å². The molecule has 1 aliphatic rings. The van der Waals surface area contributed by atoms with Gasteiger partial charge in [0.05, 0.1) is 12.2 Å². The summed E-state index contributed by atoms with van der Waals surface area (Å²) >= 11 is 0. The molecule has 0 radical (unpaired) electrons. The molecular weight excluding hydrogens is 156 g/mol. The van der Waals surface area contributed by atoms with Gasteiger partial charge in [-0.3, -0.25) is 0 Å². The van der Waals surface area contributed by atoms with Gasteiger partial charge in [0, 0.05) is 13.2 Å². The first-order valence-corrected chi connectivity index (χ1v) is 4.11. The second-order valence-corrected chi connectivity index (χ2v) is 2.93. The highest BCUT2D eigenvalue weighted by atomic mass is 16.5. The second-order valence-electron chi connectivity index (χ2n) is 2.93. The molecule has 5 nitrogen and oxygen atoms in total. The van der Waals surface area contributed by atoms with Gasteiger partial charge in [-0.25, -0.2) is 0 Å². The molecule has 1 aliphatic heterocycles. The van der Waals surface area contributed by atoms with Crippen LogP contribution in [0.2, 0.25) is 0 Å². The summed E-state index contributed by atoms with van der Waals surface area (Å²) in [6, 6.07) is 0.371. The van der Waals surface area contributed by atoms with E-state index < -0.39 is 0 Å². The summed E-state index contributed by atoms with van der Waals surface area (Å²) in [5.41, 5.74) is 5.46. The van der Waals surface area contributed by atoms with Crippen molar-refractivity contribution in [2.75, 3.05) is 18.9 Å². The molecule has 1 aromatic heterocycles. The molecule has 0 aliphatic carbocycles. The van der Waals surface area contributed by atoms with Crippen molar-refractivity contribution < 1.29 is 4.74 Å². The standard InChI is InChI=1S/C7H12N4O/c8-7-5-9-11(10-7)6-1-3-12-4-2-6/h5-6H,1-4H2,(H2,8,10). The van der Waals surface area contributed by atoms with Crippen molar-refractivity contribution in [2.45, 2.75) is 18.9 Å². The molecule has 5 heteroatoms. The highest BCUT2D eigenvalue weighted by molar-refractivity contribution is 5.19. The van der Waals surface area contributed by atoms with Crippen molar-refractivity contribution in [1.82, 2.24) is 15.0 Å². The fourth-order valence-electron chi connectivity index (χ4n) is 1.38. The number of nitrogens with two attached hydrogens (primary N) is 1. The molecule has 12 heavy (non-hydrogen) atoms. The fourth-order valence-corrected chi connectivity index (χ4v) is 1.38. The van der Waals surface area contributed by atoms with Gasteiger partial charge in [0.1, 0.15) is 0 Å². The van der Waals surface area contributed by atoms with E-state index in [0.29, 0.717) is 11.9 Å². The lowest BCUT2D eigenvalue weighted by molar-refractivity contribution is 0.0622. The normalized spacial score (nSPS) is 19.7. The number of rotatable bonds is 1. The van der Waals surface area contributed by atoms with Gasteiger partial charge in [0.15, 0.2) is 5.82 Å². The first-order valence-electron chi connectivity index (χ1n) is 4.11. The van der Waals surface area contributed by atoms with Gasteiger partial charge in [0.2, 0.25) is 0 Å². The third-order valence-electron chi connectivity index (χ3n) is 2.04. The molecular formula is C7H12N4O. The van der Waals surface area contributed by atoms with E-state index in [9.17, 15) is 0 Å². The van der Waals surface area contributed by atoms with E-state index in [1.807, 2.05) is 0 Å². The zero-order chi connectivity index (χ0) is 8.39. The molecule has 66 valence electrons. The van der Waals surface area contributed by atoms with E-state index >= 15 is 0 Å². The Balaban J connectivity index is 2.08. The largest absolute Gasteiger partial charge is 0.381 e. The lowest BCUT2D eigenvalue weighted by Crippen LogP contribution is -2.21. The van der Waals surface area contributed by atoms with Crippen molar-refractivity contribution in [3.63, 3.8) is 0 Å². The highest BCUT2D eigenvalue weighted by Crippen LogP contribution is 2.18. The maximum absolute atomic E-state index is 5.46. The lowest BCUT2D eigenvalue weighted by atomic mass is 10.1. The Bertz CT molecular complexity index is 254. The Labute approximate surface area is 70.5 Å². The summed E-state index contributed by atoms with van der Waals surface area (Å²) < 4.78 is 5.23. The average Bonchev–Trinajstić information content (AvgIpc) is 2.54. The van der Waals surface area contributed by atoms with E-state index in [1.54, 1.807) is 11.0 Å². The first kappa shape index (κ1) is 7.54. The fraction of sp³-hybridized carbons (Fsp3) is 0.714. The summed E-state index contributed by atoms with van der Waals surface area (Å²) in [5.74, 6) is 0.487. The van der Waals surface area contributed by atoms with Crippen LogP contribution in [0.3, 0.4) is 0 Å². The van der Waals surface area contributed by atoms with Crippen LogP contribution in [0.1, 0.15) is 18.9 Å². The van der Waals surface area contributed by atoms with E-state index in [4.69, 9.17) is 10.5 Å². The van der Waals surface area contributed by atoms with Gasteiger partial charge in [-0.05, 0) is 12.8 Å². The Morgan fingerprint density at radius 2 is 2.25 bits per heavy atom. The van der Waals surface area contributed by atoms with Crippen LogP contribution >= 0.6 is 0 Å². The quantitative estimate of drug-likeness (QED) is 0.651. The van der Waals surface area contributed by atoms with Crippen LogP contribution in [0.4, 0.5) is 5.82 Å². The maximum atomic E-state index is 5.46. The van der Waals surface area contributed by atoms with Crippen molar-refractivity contribution in [3.05, 3.63) is 6.20 Å². The minimum atomic E-state index is 0.371. The maximum Gasteiger partial charge on any atom is 0.165 e. The molecule has 1 aromatic rings. The molecule has 2 heterocycles. The van der Waals surface area contributed by atoms with E-state index in [0.717, 1.165) is 26.1 Å². The van der Waals surface area contributed by atoms with Crippen LogP contribution in [0.15, 0.2) is 6.20 Å². The summed E-state index contributed by atoms with van der Waals surface area (Å²) in [7, 11) is 0. The average molecular weight is 168 g/mol. The molecule has 1 saturated heterocycles. The Morgan fingerprint density at radius 1 is 1.50 bits per heavy atom. The van der Waals surface area contributed by atoms with Gasteiger partial charge in [-0.15, -0.1) is 5.10 Å². The number of hydrogen-bond acceptors (Lipinski definition) is 4. The van der Waals surface area contributed by atoms with Crippen LogP contribution < -0.4 is 5.73 Å². The smallest absolute Gasteiger partial charge is 0.165 e. The van der Waals surface area contributed by atoms with Crippen LogP contribution in [0, 0.1) is 0 Å². The third-order valence-corrected chi connectivity index (χ3v) is 2.04. The minimum Gasteiger partial charge on any atom is -0.381 e. The van der Waals surface area contributed by atoms with Crippen molar-refractivity contribution in [3.8, 4) is 0 Å². The molecule has 0 spiro atoms. The van der Waals surface area contributed by atoms with Gasteiger partial charge < -0.3 is 10.5 Å². The molecule has 0 bridgehead atoms. The van der Waals surface area contributed by atoms with Crippen molar-refractivity contribution in [2.24, 2.45) is 0 Å². The van der Waals surface area contributed by atoms with E-state index in [2.05, 4.69) is 10.2 Å². The number of nitrogen functional groups attached to an aromatic ring is 1. The van der Waals surface area contributed by atoms with Crippen molar-refractivity contribution in [1.29, 1.82) is 0 Å². The molecule has 2 N–H and O–H groups in total. The molecule has 0 aromatic carbocycles. The third kappa shape index (κ3) is 1.40. The van der Waals surface area contributed by atoms with Crippen LogP contribution in [0.5, 0.6) is 0 Å². The van der Waals surface area contributed by atoms with Crippen LogP contribution in [0.25, 0.3) is 0 Å². The Kier molecular flexibility index (Phi) is 1.95. The number of nitrogens with zero attached hydrogens (tertiary/aromatic N) is 3. The van der Waals surface area contributed by atoms with E-state index in [-0.39, 0.29) is 0 Å². The topological polar surface area (TPSA) is 66.0 Å². The van der Waals surface area contributed by atoms with Gasteiger partial charge in [-0.2, -0.15) is 9.90 Å². The Morgan fingerprint density at radius 3 is 2.83 bits per heavy atom.